The highest BCUT2D eigenvalue weighted by Crippen LogP contribution is 2.22. The molecule has 0 aromatic heterocycles. The van der Waals surface area contributed by atoms with E-state index in [4.69, 9.17) is 4.74 Å². The van der Waals surface area contributed by atoms with Crippen molar-refractivity contribution < 1.29 is 31.8 Å². The quantitative estimate of drug-likeness (QED) is 0.566. The minimum atomic E-state index is -3.77. The lowest BCUT2D eigenvalue weighted by Crippen LogP contribution is -2.51. The molecule has 7 nitrogen and oxygen atoms in total. The summed E-state index contributed by atoms with van der Waals surface area (Å²) in [4.78, 5) is 12.3. The van der Waals surface area contributed by atoms with Gasteiger partial charge in [0.25, 0.3) is 5.91 Å². The van der Waals surface area contributed by atoms with Crippen molar-refractivity contribution in [2.75, 3.05) is 13.2 Å². The molecule has 0 aliphatic carbocycles. The number of aliphatic hydroxyl groups excluding tert-OH is 1. The van der Waals surface area contributed by atoms with E-state index in [-0.39, 0.29) is 29.7 Å². The smallest absolute Gasteiger partial charge is 0.251 e. The molecule has 0 unspecified atom stereocenters. The van der Waals surface area contributed by atoms with E-state index in [9.17, 15) is 27.1 Å². The van der Waals surface area contributed by atoms with E-state index in [1.54, 1.807) is 0 Å². The second-order valence-electron chi connectivity index (χ2n) is 7.29. The van der Waals surface area contributed by atoms with Crippen LogP contribution < -0.4 is 10.0 Å². The summed E-state index contributed by atoms with van der Waals surface area (Å²) in [6, 6.07) is 9.36. The average Bonchev–Trinajstić information content (AvgIpc) is 2.74. The highest BCUT2D eigenvalue weighted by molar-refractivity contribution is 7.89. The number of aliphatic hydroxyl groups is 1. The Balaban J connectivity index is 1.50. The summed E-state index contributed by atoms with van der Waals surface area (Å²) >= 11 is 0. The second kappa shape index (κ2) is 10.3. The Morgan fingerprint density at radius 1 is 1.10 bits per heavy atom. The van der Waals surface area contributed by atoms with Crippen molar-refractivity contribution in [2.24, 2.45) is 0 Å². The topological polar surface area (TPSA) is 105 Å². The highest BCUT2D eigenvalue weighted by atomic mass is 32.2. The predicted molar refractivity (Wildman–Crippen MR) is 109 cm³/mol. The Morgan fingerprint density at radius 2 is 1.84 bits per heavy atom. The van der Waals surface area contributed by atoms with Crippen LogP contribution in [0.5, 0.6) is 0 Å². The molecule has 0 bridgehead atoms. The van der Waals surface area contributed by atoms with Crippen molar-refractivity contribution in [3.8, 4) is 0 Å². The largest absolute Gasteiger partial charge is 0.394 e. The monoisotopic (exact) mass is 454 g/mol. The molecule has 31 heavy (non-hydrogen) atoms. The van der Waals surface area contributed by atoms with Crippen LogP contribution in [0.2, 0.25) is 0 Å². The number of halogens is 2. The summed E-state index contributed by atoms with van der Waals surface area (Å²) in [7, 11) is -3.77. The molecule has 3 atom stereocenters. The zero-order chi connectivity index (χ0) is 22.4. The number of carbonyl (C=O) groups excluding carboxylic acids is 1. The molecule has 1 aliphatic rings. The first kappa shape index (κ1) is 23.3. The summed E-state index contributed by atoms with van der Waals surface area (Å²) in [5.74, 6) is -1.50. The summed E-state index contributed by atoms with van der Waals surface area (Å²) in [6.45, 7) is -0.227. The molecule has 2 aromatic rings. The molecule has 1 aliphatic heterocycles. The Bertz CT molecular complexity index is 1000. The van der Waals surface area contributed by atoms with E-state index in [1.165, 1.54) is 30.3 Å². The average molecular weight is 454 g/mol. The van der Waals surface area contributed by atoms with Crippen molar-refractivity contribution in [3.05, 3.63) is 65.7 Å². The summed E-state index contributed by atoms with van der Waals surface area (Å²) in [5.41, 5.74) is 0.175. The molecule has 0 saturated carbocycles. The van der Waals surface area contributed by atoms with Gasteiger partial charge in [-0.05, 0) is 61.7 Å². The molecular formula is C21H24F2N2O5S. The Labute approximate surface area is 179 Å². The van der Waals surface area contributed by atoms with Gasteiger partial charge in [0.05, 0.1) is 23.6 Å². The molecule has 3 N–H and O–H groups in total. The van der Waals surface area contributed by atoms with Gasteiger partial charge < -0.3 is 15.2 Å². The number of amides is 1. The fourth-order valence-corrected chi connectivity index (χ4v) is 4.49. The third-order valence-electron chi connectivity index (χ3n) is 5.08. The zero-order valence-electron chi connectivity index (χ0n) is 16.6. The first-order valence-corrected chi connectivity index (χ1v) is 11.3. The molecule has 0 radical (unpaired) electrons. The Kier molecular flexibility index (Phi) is 7.71. The molecule has 1 saturated heterocycles. The van der Waals surface area contributed by atoms with Gasteiger partial charge in [-0.2, -0.15) is 0 Å². The fourth-order valence-electron chi connectivity index (χ4n) is 3.44. The zero-order valence-corrected chi connectivity index (χ0v) is 17.4. The van der Waals surface area contributed by atoms with Gasteiger partial charge in [-0.15, -0.1) is 0 Å². The van der Waals surface area contributed by atoms with Crippen LogP contribution in [0.25, 0.3) is 0 Å². The Hall–Kier alpha value is -2.40. The SMILES string of the molecule is O=C(N[C@@H]1CC[C@H](CCNS(=O)(=O)c2ccc(F)cc2)O[C@@H]1CO)c1cccc(F)c1. The number of benzene rings is 2. The minimum Gasteiger partial charge on any atom is -0.394 e. The molecular weight excluding hydrogens is 430 g/mol. The number of sulfonamides is 1. The van der Waals surface area contributed by atoms with Crippen LogP contribution >= 0.6 is 0 Å². The van der Waals surface area contributed by atoms with Gasteiger partial charge in [0, 0.05) is 12.1 Å². The van der Waals surface area contributed by atoms with E-state index in [1.807, 2.05) is 0 Å². The van der Waals surface area contributed by atoms with Gasteiger partial charge >= 0.3 is 0 Å². The summed E-state index contributed by atoms with van der Waals surface area (Å²) < 4.78 is 59.1. The molecule has 1 fully saturated rings. The Morgan fingerprint density at radius 3 is 2.52 bits per heavy atom. The van der Waals surface area contributed by atoms with Crippen molar-refractivity contribution in [1.29, 1.82) is 0 Å². The lowest BCUT2D eigenvalue weighted by Gasteiger charge is -2.36. The van der Waals surface area contributed by atoms with Crippen LogP contribution in [0.15, 0.2) is 53.4 Å². The van der Waals surface area contributed by atoms with Crippen LogP contribution in [0.4, 0.5) is 8.78 Å². The normalized spacial score (nSPS) is 21.6. The lowest BCUT2D eigenvalue weighted by molar-refractivity contribution is -0.0891. The van der Waals surface area contributed by atoms with E-state index in [2.05, 4.69) is 10.0 Å². The minimum absolute atomic E-state index is 0.0353. The van der Waals surface area contributed by atoms with Crippen molar-refractivity contribution in [1.82, 2.24) is 10.0 Å². The number of ether oxygens (including phenoxy) is 1. The van der Waals surface area contributed by atoms with Crippen molar-refractivity contribution in [2.45, 2.75) is 42.4 Å². The van der Waals surface area contributed by atoms with Gasteiger partial charge in [-0.3, -0.25) is 4.79 Å². The number of nitrogens with one attached hydrogen (secondary N) is 2. The first-order valence-electron chi connectivity index (χ1n) is 9.86. The van der Waals surface area contributed by atoms with E-state index < -0.39 is 39.7 Å². The second-order valence-corrected chi connectivity index (χ2v) is 9.05. The van der Waals surface area contributed by atoms with Gasteiger partial charge in [0.2, 0.25) is 10.0 Å². The third kappa shape index (κ3) is 6.30. The number of carbonyl (C=O) groups is 1. The number of hydrogen-bond donors (Lipinski definition) is 3. The molecule has 10 heteroatoms. The van der Waals surface area contributed by atoms with Gasteiger partial charge in [-0.25, -0.2) is 21.9 Å². The summed E-state index contributed by atoms with van der Waals surface area (Å²) in [5, 5.41) is 12.4. The lowest BCUT2D eigenvalue weighted by atomic mass is 9.97. The van der Waals surface area contributed by atoms with Crippen LogP contribution in [0.1, 0.15) is 29.6 Å². The van der Waals surface area contributed by atoms with E-state index >= 15 is 0 Å². The molecule has 168 valence electrons. The molecule has 1 amide bonds. The van der Waals surface area contributed by atoms with Crippen molar-refractivity contribution >= 4 is 15.9 Å². The van der Waals surface area contributed by atoms with Crippen LogP contribution in [0, 0.1) is 11.6 Å². The third-order valence-corrected chi connectivity index (χ3v) is 6.56. The maximum absolute atomic E-state index is 13.3. The van der Waals surface area contributed by atoms with Gasteiger partial charge in [0.1, 0.15) is 17.7 Å². The van der Waals surface area contributed by atoms with Gasteiger partial charge in [-0.1, -0.05) is 6.07 Å². The van der Waals surface area contributed by atoms with Crippen LogP contribution in [-0.4, -0.2) is 50.8 Å². The van der Waals surface area contributed by atoms with E-state index in [0.717, 1.165) is 18.2 Å². The number of hydrogen-bond acceptors (Lipinski definition) is 5. The predicted octanol–water partition coefficient (Wildman–Crippen LogP) is 1.97. The van der Waals surface area contributed by atoms with Crippen LogP contribution in [-0.2, 0) is 14.8 Å². The standard InChI is InChI=1S/C21H24F2N2O5S/c22-15-4-7-18(8-5-15)31(28,29)24-11-10-17-6-9-19(20(13-26)30-17)25-21(27)14-2-1-3-16(23)12-14/h1-5,7-8,12,17,19-20,24,26H,6,9-11,13H2,(H,25,27)/t17-,19-,20-/m1/s1. The molecule has 3 rings (SSSR count). The maximum Gasteiger partial charge on any atom is 0.251 e. The highest BCUT2D eigenvalue weighted by Gasteiger charge is 2.32. The summed E-state index contributed by atoms with van der Waals surface area (Å²) in [6.07, 6.45) is 0.451. The molecule has 0 spiro atoms. The number of rotatable bonds is 8. The van der Waals surface area contributed by atoms with Crippen molar-refractivity contribution in [3.63, 3.8) is 0 Å². The maximum atomic E-state index is 13.3. The molecule has 2 aromatic carbocycles. The van der Waals surface area contributed by atoms with E-state index in [0.29, 0.717) is 19.3 Å². The fraction of sp³-hybridized carbons (Fsp3) is 0.381. The molecule has 1 heterocycles. The first-order chi connectivity index (χ1) is 14.8. The van der Waals surface area contributed by atoms with Gasteiger partial charge in [0.15, 0.2) is 0 Å². The van der Waals surface area contributed by atoms with Crippen LogP contribution in [0.3, 0.4) is 0 Å².